The van der Waals surface area contributed by atoms with Gasteiger partial charge in [0.15, 0.2) is 22.6 Å². The van der Waals surface area contributed by atoms with Crippen molar-refractivity contribution in [3.8, 4) is 23.0 Å². The Morgan fingerprint density at radius 3 is 2.67 bits per heavy atom. The fourth-order valence-corrected chi connectivity index (χ4v) is 3.38. The van der Waals surface area contributed by atoms with E-state index in [2.05, 4.69) is 0 Å². The van der Waals surface area contributed by atoms with Gasteiger partial charge in [0.2, 0.25) is 0 Å². The normalized spacial score (nSPS) is 20.8. The summed E-state index contributed by atoms with van der Waals surface area (Å²) in [5, 5.41) is 29.8. The largest absolute Gasteiger partial charge is 0.508 e. The predicted octanol–water partition coefficient (Wildman–Crippen LogP) is 1.72. The molecule has 0 saturated heterocycles. The average molecular weight is 352 g/mol. The molecular weight excluding hydrogens is 336 g/mol. The molecule has 3 unspecified atom stereocenters. The number of phenols is 2. The lowest BCUT2D eigenvalue weighted by Gasteiger charge is -2.32. The van der Waals surface area contributed by atoms with Gasteiger partial charge in [-0.2, -0.15) is 0 Å². The minimum absolute atomic E-state index is 0.00536. The second-order valence-electron chi connectivity index (χ2n) is 5.41. The van der Waals surface area contributed by atoms with Crippen molar-refractivity contribution in [1.29, 1.82) is 0 Å². The van der Waals surface area contributed by atoms with E-state index in [4.69, 9.17) is 9.47 Å². The lowest BCUT2D eigenvalue weighted by Crippen LogP contribution is -2.31. The zero-order valence-electron chi connectivity index (χ0n) is 12.7. The minimum atomic E-state index is -2.31. The van der Waals surface area contributed by atoms with Gasteiger partial charge in [0.25, 0.3) is 0 Å². The molecule has 3 rings (SSSR count). The smallest absolute Gasteiger partial charge is 0.187 e. The quantitative estimate of drug-likeness (QED) is 0.622. The highest BCUT2D eigenvalue weighted by Crippen LogP contribution is 2.41. The summed E-state index contributed by atoms with van der Waals surface area (Å²) in [6.45, 7) is 0. The van der Waals surface area contributed by atoms with Crippen LogP contribution in [0.25, 0.3) is 0 Å². The Morgan fingerprint density at radius 1 is 1.25 bits per heavy atom. The second kappa shape index (κ2) is 6.31. The summed E-state index contributed by atoms with van der Waals surface area (Å²) in [5.74, 6) is 0.226. The molecule has 0 saturated carbocycles. The molecule has 0 bridgehead atoms. The molecule has 4 N–H and O–H groups in total. The van der Waals surface area contributed by atoms with Gasteiger partial charge in [-0.15, -0.1) is 0 Å². The summed E-state index contributed by atoms with van der Waals surface area (Å²) < 4.78 is 31.6. The summed E-state index contributed by atoms with van der Waals surface area (Å²) in [5.41, 5.74) is 0.945. The highest BCUT2D eigenvalue weighted by molar-refractivity contribution is 7.79. The van der Waals surface area contributed by atoms with Crippen LogP contribution < -0.4 is 9.47 Å². The fraction of sp³-hybridized carbons (Fsp3) is 0.250. The molecule has 1 aliphatic heterocycles. The topological polar surface area (TPSA) is 116 Å². The number of hydrogen-bond donors (Lipinski definition) is 4. The molecule has 0 aliphatic carbocycles. The number of hydrogen-bond acceptors (Lipinski definition) is 6. The van der Waals surface area contributed by atoms with Gasteiger partial charge in [-0.3, -0.25) is 0 Å². The molecule has 0 spiro atoms. The molecule has 7 nitrogen and oxygen atoms in total. The van der Waals surface area contributed by atoms with Gasteiger partial charge in [-0.05, 0) is 23.8 Å². The maximum Gasteiger partial charge on any atom is 0.187 e. The molecule has 3 atom stereocenters. The first kappa shape index (κ1) is 16.6. The summed E-state index contributed by atoms with van der Waals surface area (Å²) in [6.07, 6.45) is -1.65. The molecule has 0 amide bonds. The van der Waals surface area contributed by atoms with Crippen molar-refractivity contribution in [2.75, 3.05) is 7.11 Å². The SMILES string of the molecule is COc1cc(C2Oc3cc(O)cc(S(=O)O)c3CC2O)ccc1O. The third kappa shape index (κ3) is 2.91. The lowest BCUT2D eigenvalue weighted by molar-refractivity contribution is 0.0195. The van der Waals surface area contributed by atoms with Crippen LogP contribution in [0.15, 0.2) is 35.2 Å². The number of aliphatic hydroxyl groups excluding tert-OH is 1. The minimum Gasteiger partial charge on any atom is -0.508 e. The molecule has 128 valence electrons. The number of rotatable bonds is 3. The lowest BCUT2D eigenvalue weighted by atomic mass is 9.94. The van der Waals surface area contributed by atoms with Crippen molar-refractivity contribution in [2.24, 2.45) is 0 Å². The van der Waals surface area contributed by atoms with Gasteiger partial charge in [-0.1, -0.05) is 6.07 Å². The summed E-state index contributed by atoms with van der Waals surface area (Å²) in [7, 11) is 1.41. The third-order valence-corrected chi connectivity index (χ3v) is 4.63. The number of fused-ring (bicyclic) bond motifs is 1. The molecule has 1 aliphatic rings. The first-order valence-electron chi connectivity index (χ1n) is 7.09. The predicted molar refractivity (Wildman–Crippen MR) is 84.9 cm³/mol. The highest BCUT2D eigenvalue weighted by Gasteiger charge is 2.33. The van der Waals surface area contributed by atoms with E-state index in [1.807, 2.05) is 0 Å². The van der Waals surface area contributed by atoms with E-state index in [9.17, 15) is 24.1 Å². The molecule has 0 fully saturated rings. The van der Waals surface area contributed by atoms with Crippen molar-refractivity contribution in [3.63, 3.8) is 0 Å². The first-order valence-corrected chi connectivity index (χ1v) is 8.19. The number of benzene rings is 2. The number of aromatic hydroxyl groups is 2. The van der Waals surface area contributed by atoms with Crippen LogP contribution in [0.3, 0.4) is 0 Å². The van der Waals surface area contributed by atoms with Crippen LogP contribution in [0.4, 0.5) is 0 Å². The Bertz CT molecular complexity index is 805. The van der Waals surface area contributed by atoms with Gasteiger partial charge < -0.3 is 29.3 Å². The van der Waals surface area contributed by atoms with Gasteiger partial charge in [0.05, 0.1) is 18.1 Å². The van der Waals surface area contributed by atoms with Gasteiger partial charge in [-0.25, -0.2) is 4.21 Å². The number of methoxy groups -OCH3 is 1. The molecule has 8 heteroatoms. The summed E-state index contributed by atoms with van der Waals surface area (Å²) >= 11 is -2.31. The van der Waals surface area contributed by atoms with E-state index in [0.717, 1.165) is 0 Å². The maximum absolute atomic E-state index is 11.4. The van der Waals surface area contributed by atoms with Gasteiger partial charge in [0, 0.05) is 18.1 Å². The number of ether oxygens (including phenoxy) is 2. The van der Waals surface area contributed by atoms with Crippen molar-refractivity contribution in [2.45, 2.75) is 23.5 Å². The standard InChI is InChI=1S/C16H16O7S/c1-22-14-4-8(2-3-11(14)18)16-12(19)7-10-13(23-16)5-9(17)6-15(10)24(20)21/h2-6,12,16-19H,7H2,1H3,(H,20,21). The van der Waals surface area contributed by atoms with Gasteiger partial charge in [0.1, 0.15) is 17.6 Å². The monoisotopic (exact) mass is 352 g/mol. The molecule has 1 heterocycles. The van der Waals surface area contributed by atoms with Crippen LogP contribution in [0.1, 0.15) is 17.2 Å². The van der Waals surface area contributed by atoms with Crippen molar-refractivity contribution in [3.05, 3.63) is 41.5 Å². The van der Waals surface area contributed by atoms with E-state index in [1.54, 1.807) is 12.1 Å². The molecular formula is C16H16O7S. The zero-order chi connectivity index (χ0) is 17.4. The average Bonchev–Trinajstić information content (AvgIpc) is 2.54. The molecule has 0 aromatic heterocycles. The maximum atomic E-state index is 11.4. The molecule has 2 aromatic rings. The van der Waals surface area contributed by atoms with Crippen LogP contribution in [0.5, 0.6) is 23.0 Å². The molecule has 0 radical (unpaired) electrons. The van der Waals surface area contributed by atoms with E-state index >= 15 is 0 Å². The van der Waals surface area contributed by atoms with Crippen molar-refractivity contribution < 1.29 is 33.6 Å². The van der Waals surface area contributed by atoms with Crippen LogP contribution in [0, 0.1) is 0 Å². The van der Waals surface area contributed by atoms with Crippen LogP contribution in [-0.4, -0.2) is 37.3 Å². The molecule has 24 heavy (non-hydrogen) atoms. The molecule has 2 aromatic carbocycles. The summed E-state index contributed by atoms with van der Waals surface area (Å²) in [6, 6.07) is 7.07. The second-order valence-corrected chi connectivity index (χ2v) is 6.35. The van der Waals surface area contributed by atoms with E-state index in [1.165, 1.54) is 25.3 Å². The summed E-state index contributed by atoms with van der Waals surface area (Å²) in [4.78, 5) is 0.00536. The van der Waals surface area contributed by atoms with E-state index in [0.29, 0.717) is 11.1 Å². The Morgan fingerprint density at radius 2 is 2.00 bits per heavy atom. The zero-order valence-corrected chi connectivity index (χ0v) is 13.5. The van der Waals surface area contributed by atoms with Crippen LogP contribution >= 0.6 is 0 Å². The van der Waals surface area contributed by atoms with Crippen LogP contribution in [-0.2, 0) is 17.5 Å². The first-order chi connectivity index (χ1) is 11.4. The Balaban J connectivity index is 2.02. The van der Waals surface area contributed by atoms with E-state index < -0.39 is 23.3 Å². The fourth-order valence-electron chi connectivity index (χ4n) is 2.76. The Kier molecular flexibility index (Phi) is 4.35. The Labute approximate surface area is 140 Å². The number of aliphatic hydroxyl groups is 1. The van der Waals surface area contributed by atoms with Gasteiger partial charge >= 0.3 is 0 Å². The van der Waals surface area contributed by atoms with E-state index in [-0.39, 0.29) is 34.3 Å². The third-order valence-electron chi connectivity index (χ3n) is 3.89. The van der Waals surface area contributed by atoms with Crippen molar-refractivity contribution in [1.82, 2.24) is 0 Å². The highest BCUT2D eigenvalue weighted by atomic mass is 32.2. The van der Waals surface area contributed by atoms with Crippen LogP contribution in [0.2, 0.25) is 0 Å². The van der Waals surface area contributed by atoms with Crippen molar-refractivity contribution >= 4 is 11.1 Å². The Hall–Kier alpha value is -2.29. The number of phenolic OH excluding ortho intramolecular Hbond substituents is 2.